The summed E-state index contributed by atoms with van der Waals surface area (Å²) in [5, 5.41) is 4.87. The molecule has 16 heavy (non-hydrogen) atoms. The quantitative estimate of drug-likeness (QED) is 0.530. The Kier molecular flexibility index (Phi) is 1.36. The van der Waals surface area contributed by atoms with Gasteiger partial charge in [-0.2, -0.15) is 0 Å². The highest BCUT2D eigenvalue weighted by Gasteiger charge is 2.06. The highest BCUT2D eigenvalue weighted by atomic mass is 14.7. The smallest absolute Gasteiger partial charge is 0.0722 e. The molecule has 0 saturated carbocycles. The van der Waals surface area contributed by atoms with Gasteiger partial charge in [0.2, 0.25) is 0 Å². The molecule has 2 aromatic rings. The summed E-state index contributed by atoms with van der Waals surface area (Å²) in [5.74, 6) is 0. The molecule has 0 saturated heterocycles. The Balaban J connectivity index is 2.31. The lowest BCUT2D eigenvalue weighted by atomic mass is 10.1. The lowest BCUT2D eigenvalue weighted by Crippen LogP contribution is -2.00. The topological polar surface area (TPSA) is 12.4 Å². The van der Waals surface area contributed by atoms with Crippen molar-refractivity contribution in [3.8, 4) is 0 Å². The highest BCUT2D eigenvalue weighted by Crippen LogP contribution is 2.18. The molecule has 0 bridgehead atoms. The molecule has 0 aromatic heterocycles. The largest absolute Gasteiger partial charge is 0.248 e. The normalized spacial score (nSPS) is 13.8. The minimum atomic E-state index is 1.09. The molecular weight excluding hydrogens is 194 g/mol. The van der Waals surface area contributed by atoms with Gasteiger partial charge in [0.05, 0.1) is 11.0 Å². The zero-order valence-corrected chi connectivity index (χ0v) is 8.64. The molecule has 0 fully saturated rings. The first-order chi connectivity index (χ1) is 7.92. The molecule has 1 nitrogen and oxygen atoms in total. The molecule has 1 heterocycles. The van der Waals surface area contributed by atoms with Gasteiger partial charge in [-0.05, 0) is 29.0 Å². The maximum Gasteiger partial charge on any atom is 0.0722 e. The van der Waals surface area contributed by atoms with Crippen LogP contribution >= 0.6 is 0 Å². The number of benzene rings is 2. The van der Waals surface area contributed by atoms with Gasteiger partial charge in [0.15, 0.2) is 0 Å². The van der Waals surface area contributed by atoms with E-state index in [1.165, 1.54) is 21.2 Å². The molecule has 1 aliphatic carbocycles. The molecule has 0 radical (unpaired) electrons. The van der Waals surface area contributed by atoms with Crippen LogP contribution in [0.1, 0.15) is 5.56 Å². The van der Waals surface area contributed by atoms with Gasteiger partial charge in [-0.25, -0.2) is 4.99 Å². The number of hydrogen-bond acceptors (Lipinski definition) is 1. The second-order valence-electron chi connectivity index (χ2n) is 4.15. The van der Waals surface area contributed by atoms with Crippen LogP contribution < -0.4 is 10.6 Å². The zero-order chi connectivity index (χ0) is 10.5. The first-order valence-corrected chi connectivity index (χ1v) is 5.42. The number of rotatable bonds is 0. The third-order valence-electron chi connectivity index (χ3n) is 3.19. The molecule has 0 amide bonds. The summed E-state index contributed by atoms with van der Waals surface area (Å²) >= 11 is 0. The van der Waals surface area contributed by atoms with Crippen molar-refractivity contribution in [2.75, 3.05) is 0 Å². The Morgan fingerprint density at radius 2 is 1.88 bits per heavy atom. The predicted octanol–water partition coefficient (Wildman–Crippen LogP) is 2.05. The SMILES string of the molecule is C1=Cc2cc3c(cc2=C1)N=c1ccccc1=3. The highest BCUT2D eigenvalue weighted by molar-refractivity contribution is 5.69. The molecule has 1 aliphatic heterocycles. The van der Waals surface area contributed by atoms with E-state index in [4.69, 9.17) is 0 Å². The maximum atomic E-state index is 4.64. The van der Waals surface area contributed by atoms with Crippen LogP contribution in [0.5, 0.6) is 0 Å². The van der Waals surface area contributed by atoms with Crippen molar-refractivity contribution in [3.05, 3.63) is 69.1 Å². The van der Waals surface area contributed by atoms with Crippen LogP contribution in [0.15, 0.2) is 47.5 Å². The van der Waals surface area contributed by atoms with Crippen molar-refractivity contribution in [3.63, 3.8) is 0 Å². The lowest BCUT2D eigenvalue weighted by molar-refractivity contribution is 1.37. The van der Waals surface area contributed by atoms with Gasteiger partial charge in [-0.15, -0.1) is 0 Å². The minimum absolute atomic E-state index is 1.09. The second-order valence-corrected chi connectivity index (χ2v) is 4.15. The number of hydrogen-bond donors (Lipinski definition) is 0. The molecule has 74 valence electrons. The molecular formula is C15H9N. The van der Waals surface area contributed by atoms with Crippen LogP contribution in [-0.2, 0) is 0 Å². The van der Waals surface area contributed by atoms with Crippen LogP contribution in [0.3, 0.4) is 0 Å². The van der Waals surface area contributed by atoms with E-state index in [1.807, 2.05) is 6.07 Å². The van der Waals surface area contributed by atoms with Gasteiger partial charge < -0.3 is 0 Å². The number of para-hydroxylation sites is 1. The fourth-order valence-electron chi connectivity index (χ4n) is 2.40. The van der Waals surface area contributed by atoms with Gasteiger partial charge in [0.1, 0.15) is 0 Å². The van der Waals surface area contributed by atoms with Gasteiger partial charge in [-0.3, -0.25) is 0 Å². The molecule has 0 spiro atoms. The Morgan fingerprint density at radius 1 is 0.938 bits per heavy atom. The molecule has 0 N–H and O–H groups in total. The molecule has 1 heteroatoms. The Morgan fingerprint density at radius 3 is 2.88 bits per heavy atom. The summed E-state index contributed by atoms with van der Waals surface area (Å²) in [4.78, 5) is 4.64. The van der Waals surface area contributed by atoms with Gasteiger partial charge in [-0.1, -0.05) is 36.4 Å². The second kappa shape index (κ2) is 2.70. The fourth-order valence-corrected chi connectivity index (χ4v) is 2.40. The van der Waals surface area contributed by atoms with E-state index in [0.29, 0.717) is 0 Å². The third kappa shape index (κ3) is 0.924. The predicted molar refractivity (Wildman–Crippen MR) is 64.5 cm³/mol. The maximum absolute atomic E-state index is 4.64. The van der Waals surface area contributed by atoms with E-state index >= 15 is 0 Å². The third-order valence-corrected chi connectivity index (χ3v) is 3.19. The van der Waals surface area contributed by atoms with E-state index < -0.39 is 0 Å². The van der Waals surface area contributed by atoms with Crippen LogP contribution in [0, 0.1) is 10.4 Å². The monoisotopic (exact) mass is 203 g/mol. The standard InChI is InChI=1S/C15H9N/c1-2-7-14-12(6-1)13-8-10-4-3-5-11(10)9-15(13)16-14/h1-9H. The average molecular weight is 203 g/mol. The number of nitrogens with zero attached hydrogens (tertiary/aromatic N) is 1. The van der Waals surface area contributed by atoms with Crippen LogP contribution in [-0.4, -0.2) is 0 Å². The number of fused-ring (bicyclic) bond motifs is 3. The van der Waals surface area contributed by atoms with Crippen LogP contribution in [0.25, 0.3) is 12.2 Å². The van der Waals surface area contributed by atoms with Crippen LogP contribution in [0.2, 0.25) is 0 Å². The van der Waals surface area contributed by atoms with Crippen LogP contribution in [0.4, 0.5) is 5.69 Å². The molecule has 2 aromatic carbocycles. The van der Waals surface area contributed by atoms with E-state index in [2.05, 4.69) is 53.6 Å². The average Bonchev–Trinajstić information content (AvgIpc) is 2.88. The van der Waals surface area contributed by atoms with Crippen molar-refractivity contribution in [2.45, 2.75) is 0 Å². The molecule has 0 unspecified atom stereocenters. The van der Waals surface area contributed by atoms with Crippen molar-refractivity contribution < 1.29 is 0 Å². The summed E-state index contributed by atoms with van der Waals surface area (Å²) in [6.45, 7) is 0. The van der Waals surface area contributed by atoms with Gasteiger partial charge in [0, 0.05) is 10.4 Å². The van der Waals surface area contributed by atoms with Gasteiger partial charge >= 0.3 is 0 Å². The fraction of sp³-hybridized carbons (Fsp3) is 0. The molecule has 4 rings (SSSR count). The van der Waals surface area contributed by atoms with E-state index in [-0.39, 0.29) is 0 Å². The summed E-state index contributed by atoms with van der Waals surface area (Å²) in [7, 11) is 0. The minimum Gasteiger partial charge on any atom is -0.248 e. The van der Waals surface area contributed by atoms with E-state index in [1.54, 1.807) is 0 Å². The van der Waals surface area contributed by atoms with E-state index in [0.717, 1.165) is 11.0 Å². The van der Waals surface area contributed by atoms with Crippen molar-refractivity contribution in [1.82, 2.24) is 0 Å². The zero-order valence-electron chi connectivity index (χ0n) is 8.64. The van der Waals surface area contributed by atoms with E-state index in [9.17, 15) is 0 Å². The first kappa shape index (κ1) is 8.05. The summed E-state index contributed by atoms with van der Waals surface area (Å²) in [6.07, 6.45) is 6.37. The van der Waals surface area contributed by atoms with Gasteiger partial charge in [0.25, 0.3) is 0 Å². The Bertz CT molecular complexity index is 842. The Labute approximate surface area is 92.4 Å². The first-order valence-electron chi connectivity index (χ1n) is 5.42. The van der Waals surface area contributed by atoms with Crippen molar-refractivity contribution >= 4 is 17.8 Å². The molecule has 0 atom stereocenters. The summed E-state index contributed by atoms with van der Waals surface area (Å²) in [5.41, 5.74) is 2.39. The summed E-state index contributed by atoms with van der Waals surface area (Å²) < 4.78 is 0. The Hall–Kier alpha value is -2.15. The summed E-state index contributed by atoms with van der Waals surface area (Å²) in [6, 6.07) is 12.7. The van der Waals surface area contributed by atoms with Crippen molar-refractivity contribution in [1.29, 1.82) is 0 Å². The molecule has 2 aliphatic rings. The van der Waals surface area contributed by atoms with Crippen molar-refractivity contribution in [2.24, 2.45) is 4.99 Å². The number of allylic oxidation sites excluding steroid dienone is 1. The lowest BCUT2D eigenvalue weighted by Gasteiger charge is -1.94.